The van der Waals surface area contributed by atoms with Gasteiger partial charge in [0, 0.05) is 25.7 Å². The van der Waals surface area contributed by atoms with Gasteiger partial charge in [0.05, 0.1) is 15.8 Å². The second-order valence-electron chi connectivity index (χ2n) is 6.94. The van der Waals surface area contributed by atoms with Gasteiger partial charge in [-0.1, -0.05) is 30.3 Å². The first-order valence-corrected chi connectivity index (χ1v) is 10.4. The van der Waals surface area contributed by atoms with E-state index in [9.17, 15) is 18.0 Å². The average molecular weight is 400 g/mol. The van der Waals surface area contributed by atoms with Crippen LogP contribution in [0.3, 0.4) is 0 Å². The lowest BCUT2D eigenvalue weighted by molar-refractivity contribution is 0.324. The van der Waals surface area contributed by atoms with Gasteiger partial charge in [-0.2, -0.15) is 0 Å². The Morgan fingerprint density at radius 3 is 2.64 bits per heavy atom. The van der Waals surface area contributed by atoms with E-state index in [2.05, 4.69) is 31.7 Å². The molecule has 0 saturated carbocycles. The van der Waals surface area contributed by atoms with E-state index < -0.39 is 21.3 Å². The summed E-state index contributed by atoms with van der Waals surface area (Å²) < 4.78 is 28.3. The zero-order valence-corrected chi connectivity index (χ0v) is 15.8. The van der Waals surface area contributed by atoms with Crippen LogP contribution in [0.4, 0.5) is 0 Å². The van der Waals surface area contributed by atoms with Gasteiger partial charge in [-0.25, -0.2) is 17.9 Å². The number of aromatic amines is 2. The molecule has 0 aliphatic carbocycles. The van der Waals surface area contributed by atoms with Crippen LogP contribution in [-0.2, 0) is 16.6 Å². The number of aromatic nitrogens is 2. The normalized spacial score (nSPS) is 17.9. The molecular formula is C19H20N4O4S. The summed E-state index contributed by atoms with van der Waals surface area (Å²) in [5, 5.41) is 0.125. The highest BCUT2D eigenvalue weighted by Crippen LogP contribution is 2.18. The fraction of sp³-hybridized carbons (Fsp3) is 0.263. The minimum atomic E-state index is -3.78. The van der Waals surface area contributed by atoms with Gasteiger partial charge >= 0.3 is 5.69 Å². The number of fused-ring (bicyclic) bond motifs is 1. The van der Waals surface area contributed by atoms with Gasteiger partial charge < -0.3 is 4.98 Å². The number of nitrogens with one attached hydrogen (secondary N) is 3. The summed E-state index contributed by atoms with van der Waals surface area (Å²) in [6, 6.07) is 13.9. The molecule has 1 fully saturated rings. The van der Waals surface area contributed by atoms with Crippen molar-refractivity contribution in [1.29, 1.82) is 0 Å². The Bertz CT molecular complexity index is 1220. The second-order valence-corrected chi connectivity index (χ2v) is 8.66. The van der Waals surface area contributed by atoms with Crippen molar-refractivity contribution in [2.24, 2.45) is 0 Å². The van der Waals surface area contributed by atoms with Crippen molar-refractivity contribution in [3.05, 3.63) is 74.9 Å². The molecule has 9 heteroatoms. The van der Waals surface area contributed by atoms with Gasteiger partial charge in [-0.15, -0.1) is 0 Å². The Kier molecular flexibility index (Phi) is 4.88. The molecule has 3 N–H and O–H groups in total. The van der Waals surface area contributed by atoms with Crippen LogP contribution < -0.4 is 16.0 Å². The van der Waals surface area contributed by atoms with E-state index in [-0.39, 0.29) is 16.3 Å². The molecule has 8 nitrogen and oxygen atoms in total. The fourth-order valence-corrected chi connectivity index (χ4v) is 4.80. The largest absolute Gasteiger partial charge is 0.326 e. The molecule has 0 unspecified atom stereocenters. The summed E-state index contributed by atoms with van der Waals surface area (Å²) in [4.78, 5) is 30.1. The van der Waals surface area contributed by atoms with E-state index in [1.165, 1.54) is 23.8 Å². The first-order chi connectivity index (χ1) is 13.4. The maximum absolute atomic E-state index is 12.8. The van der Waals surface area contributed by atoms with Crippen LogP contribution in [0.25, 0.3) is 10.9 Å². The molecule has 1 aromatic heterocycles. The summed E-state index contributed by atoms with van der Waals surface area (Å²) in [6.45, 7) is 2.20. The third-order valence-electron chi connectivity index (χ3n) is 4.86. The van der Waals surface area contributed by atoms with Crippen LogP contribution in [0.2, 0.25) is 0 Å². The van der Waals surface area contributed by atoms with Crippen LogP contribution in [0.1, 0.15) is 12.0 Å². The smallest absolute Gasteiger partial charge is 0.307 e. The minimum absolute atomic E-state index is 0.000872. The Morgan fingerprint density at radius 1 is 1.07 bits per heavy atom. The van der Waals surface area contributed by atoms with Gasteiger partial charge in [0.2, 0.25) is 10.0 Å². The first-order valence-electron chi connectivity index (χ1n) is 8.96. The van der Waals surface area contributed by atoms with Crippen molar-refractivity contribution in [3.63, 3.8) is 0 Å². The van der Waals surface area contributed by atoms with Crippen molar-refractivity contribution in [1.82, 2.24) is 19.6 Å². The number of nitrogens with zero attached hydrogens (tertiary/aromatic N) is 1. The van der Waals surface area contributed by atoms with Gasteiger partial charge in [-0.3, -0.25) is 14.7 Å². The molecule has 1 atom stereocenters. The third-order valence-corrected chi connectivity index (χ3v) is 6.38. The molecule has 2 heterocycles. The Morgan fingerprint density at radius 2 is 1.86 bits per heavy atom. The molecule has 0 radical (unpaired) electrons. The van der Waals surface area contributed by atoms with Gasteiger partial charge in [0.15, 0.2) is 0 Å². The zero-order valence-electron chi connectivity index (χ0n) is 15.0. The van der Waals surface area contributed by atoms with Crippen LogP contribution >= 0.6 is 0 Å². The number of hydrogen-bond acceptors (Lipinski definition) is 5. The highest BCUT2D eigenvalue weighted by molar-refractivity contribution is 7.89. The molecule has 1 aliphatic heterocycles. The van der Waals surface area contributed by atoms with Crippen molar-refractivity contribution in [2.75, 3.05) is 13.1 Å². The maximum Gasteiger partial charge on any atom is 0.326 e. The predicted octanol–water partition coefficient (Wildman–Crippen LogP) is 0.769. The van der Waals surface area contributed by atoms with Crippen LogP contribution in [0.5, 0.6) is 0 Å². The molecule has 146 valence electrons. The van der Waals surface area contributed by atoms with Crippen LogP contribution in [-0.4, -0.2) is 42.4 Å². The lowest BCUT2D eigenvalue weighted by Gasteiger charge is -2.17. The molecule has 0 bridgehead atoms. The van der Waals surface area contributed by atoms with E-state index in [1.54, 1.807) is 0 Å². The minimum Gasteiger partial charge on any atom is -0.307 e. The summed E-state index contributed by atoms with van der Waals surface area (Å²) >= 11 is 0. The maximum atomic E-state index is 12.8. The van der Waals surface area contributed by atoms with Gasteiger partial charge in [-0.05, 0) is 30.2 Å². The number of benzene rings is 2. The zero-order chi connectivity index (χ0) is 19.7. The monoisotopic (exact) mass is 400 g/mol. The third kappa shape index (κ3) is 3.91. The quantitative estimate of drug-likeness (QED) is 0.585. The summed E-state index contributed by atoms with van der Waals surface area (Å²) in [5.74, 6) is 0. The van der Waals surface area contributed by atoms with Gasteiger partial charge in [0.25, 0.3) is 5.56 Å². The van der Waals surface area contributed by atoms with E-state index >= 15 is 0 Å². The van der Waals surface area contributed by atoms with Crippen molar-refractivity contribution >= 4 is 20.9 Å². The lowest BCUT2D eigenvalue weighted by Crippen LogP contribution is -2.37. The topological polar surface area (TPSA) is 115 Å². The number of rotatable bonds is 5. The predicted molar refractivity (Wildman–Crippen MR) is 106 cm³/mol. The van der Waals surface area contributed by atoms with Crippen molar-refractivity contribution in [2.45, 2.75) is 23.9 Å². The molecule has 3 aromatic rings. The number of sulfonamides is 1. The average Bonchev–Trinajstić information content (AvgIpc) is 3.08. The summed E-state index contributed by atoms with van der Waals surface area (Å²) in [6.07, 6.45) is 0.716. The Hall–Kier alpha value is -2.75. The lowest BCUT2D eigenvalue weighted by atomic mass is 10.2. The Balaban J connectivity index is 1.49. The standard InChI is InChI=1S/C19H20N4O4S/c24-18-16-10-15(6-7-17(16)20-19(25)21-18)28(26,27)22-14-8-9-23(12-14)11-13-4-2-1-3-5-13/h1-7,10,14,22H,8-9,11-12H2,(H2,20,21,24,25)/t14-/m1/s1. The van der Waals surface area contributed by atoms with Crippen LogP contribution in [0, 0.1) is 0 Å². The Labute approximate surface area is 161 Å². The van der Waals surface area contributed by atoms with E-state index in [1.807, 2.05) is 18.2 Å². The van der Waals surface area contributed by atoms with Crippen molar-refractivity contribution < 1.29 is 8.42 Å². The van der Waals surface area contributed by atoms with E-state index in [0.29, 0.717) is 18.5 Å². The van der Waals surface area contributed by atoms with E-state index in [4.69, 9.17) is 0 Å². The SMILES string of the molecule is O=c1[nH]c(=O)c2cc(S(=O)(=O)N[C@@H]3CCN(Cc4ccccc4)C3)ccc2[nH]1. The molecule has 0 spiro atoms. The highest BCUT2D eigenvalue weighted by atomic mass is 32.2. The highest BCUT2D eigenvalue weighted by Gasteiger charge is 2.27. The molecular weight excluding hydrogens is 380 g/mol. The molecule has 28 heavy (non-hydrogen) atoms. The van der Waals surface area contributed by atoms with Crippen LogP contribution in [0.15, 0.2) is 63.0 Å². The van der Waals surface area contributed by atoms with E-state index in [0.717, 1.165) is 13.1 Å². The summed E-state index contributed by atoms with van der Waals surface area (Å²) in [5.41, 5.74) is 0.234. The molecule has 1 saturated heterocycles. The first kappa shape index (κ1) is 18.6. The molecule has 4 rings (SSSR count). The number of H-pyrrole nitrogens is 2. The van der Waals surface area contributed by atoms with Gasteiger partial charge in [0.1, 0.15) is 0 Å². The summed E-state index contributed by atoms with van der Waals surface area (Å²) in [7, 11) is -3.78. The second kappa shape index (κ2) is 7.34. The molecule has 2 aromatic carbocycles. The molecule has 1 aliphatic rings. The molecule has 0 amide bonds. The number of likely N-dealkylation sites (tertiary alicyclic amines) is 1. The van der Waals surface area contributed by atoms with Crippen molar-refractivity contribution in [3.8, 4) is 0 Å². The number of hydrogen-bond donors (Lipinski definition) is 3. The fourth-order valence-electron chi connectivity index (χ4n) is 3.51.